The minimum atomic E-state index is -1.23. The van der Waals surface area contributed by atoms with Gasteiger partial charge >= 0.3 is 5.97 Å². The summed E-state index contributed by atoms with van der Waals surface area (Å²) in [6.07, 6.45) is 4.33. The number of benzene rings is 2. The monoisotopic (exact) mass is 393 g/mol. The average molecular weight is 393 g/mol. The molecule has 0 bridgehead atoms. The van der Waals surface area contributed by atoms with Gasteiger partial charge in [0, 0.05) is 28.7 Å². The average Bonchev–Trinajstić information content (AvgIpc) is 3.11. The van der Waals surface area contributed by atoms with E-state index in [1.54, 1.807) is 18.2 Å². The zero-order valence-corrected chi connectivity index (χ0v) is 16.0. The van der Waals surface area contributed by atoms with Gasteiger partial charge in [-0.2, -0.15) is 0 Å². The molecule has 1 saturated carbocycles. The molecule has 0 saturated heterocycles. The van der Waals surface area contributed by atoms with Gasteiger partial charge in [0.1, 0.15) is 17.2 Å². The van der Waals surface area contributed by atoms with Gasteiger partial charge in [0.15, 0.2) is 5.78 Å². The number of carbonyl (C=O) groups is 3. The van der Waals surface area contributed by atoms with Crippen LogP contribution in [0.5, 0.6) is 0 Å². The van der Waals surface area contributed by atoms with Gasteiger partial charge in [0.05, 0.1) is 0 Å². The molecule has 0 aliphatic heterocycles. The van der Waals surface area contributed by atoms with E-state index in [1.807, 2.05) is 24.3 Å². The van der Waals surface area contributed by atoms with Crippen LogP contribution in [0, 0.1) is 5.92 Å². The number of Topliss-reactive ketones (excluding diaryl/α,β-unsaturated/α-hetero) is 1. The standard InChI is InChI=1S/C23H23NO5/c25-19(13-18(23(27)28)24-22(26)14-6-2-1-3-7-14)15-10-11-21-17(12-15)16-8-4-5-9-20(16)29-21/h4-5,8-12,14,18H,1-3,6-7,13H2,(H,24,26)(H,27,28). The summed E-state index contributed by atoms with van der Waals surface area (Å²) in [7, 11) is 0. The molecular weight excluding hydrogens is 370 g/mol. The Labute approximate surface area is 167 Å². The second kappa shape index (κ2) is 8.07. The van der Waals surface area contributed by atoms with Crippen LogP contribution in [0.3, 0.4) is 0 Å². The second-order valence-electron chi connectivity index (χ2n) is 7.67. The van der Waals surface area contributed by atoms with Crippen molar-refractivity contribution in [1.82, 2.24) is 5.32 Å². The number of carboxylic acid groups (broad SMARTS) is 1. The van der Waals surface area contributed by atoms with Gasteiger partial charge in [-0.1, -0.05) is 37.5 Å². The van der Waals surface area contributed by atoms with Crippen LogP contribution in [0.15, 0.2) is 46.9 Å². The second-order valence-corrected chi connectivity index (χ2v) is 7.67. The van der Waals surface area contributed by atoms with Crippen molar-refractivity contribution < 1.29 is 23.9 Å². The van der Waals surface area contributed by atoms with Crippen molar-refractivity contribution >= 4 is 39.6 Å². The van der Waals surface area contributed by atoms with Crippen molar-refractivity contribution in [2.45, 2.75) is 44.6 Å². The maximum atomic E-state index is 12.8. The first kappa shape index (κ1) is 19.2. The lowest BCUT2D eigenvalue weighted by molar-refractivity contribution is -0.142. The summed E-state index contributed by atoms with van der Waals surface area (Å²) in [6.45, 7) is 0. The third-order valence-electron chi connectivity index (χ3n) is 5.68. The number of hydrogen-bond acceptors (Lipinski definition) is 4. The van der Waals surface area contributed by atoms with Crippen molar-refractivity contribution in [2.24, 2.45) is 5.92 Å². The number of amides is 1. The molecule has 1 aromatic heterocycles. The number of fused-ring (bicyclic) bond motifs is 3. The van der Waals surface area contributed by atoms with Gasteiger partial charge in [-0.15, -0.1) is 0 Å². The molecule has 1 unspecified atom stereocenters. The summed E-state index contributed by atoms with van der Waals surface area (Å²) >= 11 is 0. The topological polar surface area (TPSA) is 96.6 Å². The molecular formula is C23H23NO5. The molecule has 2 aromatic carbocycles. The molecule has 4 rings (SSSR count). The number of hydrogen-bond donors (Lipinski definition) is 2. The Morgan fingerprint density at radius 2 is 1.72 bits per heavy atom. The predicted molar refractivity (Wildman–Crippen MR) is 109 cm³/mol. The minimum Gasteiger partial charge on any atom is -0.480 e. The van der Waals surface area contributed by atoms with Crippen molar-refractivity contribution in [3.63, 3.8) is 0 Å². The summed E-state index contributed by atoms with van der Waals surface area (Å²) in [6, 6.07) is 11.4. The van der Waals surface area contributed by atoms with Crippen LogP contribution in [0.25, 0.3) is 21.9 Å². The summed E-state index contributed by atoms with van der Waals surface area (Å²) in [5.74, 6) is -1.94. The Bertz CT molecular complexity index is 1080. The first-order valence-electron chi connectivity index (χ1n) is 10.0. The molecule has 6 nitrogen and oxygen atoms in total. The highest BCUT2D eigenvalue weighted by Gasteiger charge is 2.28. The van der Waals surface area contributed by atoms with Gasteiger partial charge in [0.25, 0.3) is 0 Å². The maximum absolute atomic E-state index is 12.8. The van der Waals surface area contributed by atoms with Gasteiger partial charge in [-0.3, -0.25) is 9.59 Å². The normalized spacial score (nSPS) is 16.0. The van der Waals surface area contributed by atoms with E-state index in [0.29, 0.717) is 11.1 Å². The number of rotatable bonds is 6. The van der Waals surface area contributed by atoms with Crippen molar-refractivity contribution in [2.75, 3.05) is 0 Å². The molecule has 2 N–H and O–H groups in total. The van der Waals surface area contributed by atoms with Crippen LogP contribution in [0.4, 0.5) is 0 Å². The summed E-state index contributed by atoms with van der Waals surface area (Å²) in [5, 5.41) is 13.8. The van der Waals surface area contributed by atoms with Gasteiger partial charge in [0.2, 0.25) is 5.91 Å². The summed E-state index contributed by atoms with van der Waals surface area (Å²) in [4.78, 5) is 36.8. The quantitative estimate of drug-likeness (QED) is 0.608. The molecule has 3 aromatic rings. The number of aliphatic carboxylic acids is 1. The Morgan fingerprint density at radius 3 is 2.48 bits per heavy atom. The number of ketones is 1. The van der Waals surface area contributed by atoms with E-state index in [4.69, 9.17) is 4.42 Å². The lowest BCUT2D eigenvalue weighted by atomic mass is 9.88. The van der Waals surface area contributed by atoms with Crippen molar-refractivity contribution in [3.8, 4) is 0 Å². The van der Waals surface area contributed by atoms with Crippen LogP contribution in [-0.2, 0) is 9.59 Å². The SMILES string of the molecule is O=C(CC(NC(=O)C1CCCCC1)C(=O)O)c1ccc2oc3ccccc3c2c1. The number of furan rings is 1. The highest BCUT2D eigenvalue weighted by Crippen LogP contribution is 2.29. The van der Waals surface area contributed by atoms with Crippen LogP contribution >= 0.6 is 0 Å². The number of carboxylic acids is 1. The van der Waals surface area contributed by atoms with Gasteiger partial charge in [-0.05, 0) is 37.1 Å². The summed E-state index contributed by atoms with van der Waals surface area (Å²) < 4.78 is 5.76. The molecule has 1 atom stereocenters. The fraction of sp³-hybridized carbons (Fsp3) is 0.348. The number of carbonyl (C=O) groups excluding carboxylic acids is 2. The molecule has 0 radical (unpaired) electrons. The highest BCUT2D eigenvalue weighted by atomic mass is 16.4. The first-order chi connectivity index (χ1) is 14.0. The third-order valence-corrected chi connectivity index (χ3v) is 5.68. The largest absolute Gasteiger partial charge is 0.480 e. The lowest BCUT2D eigenvalue weighted by Crippen LogP contribution is -2.45. The third kappa shape index (κ3) is 4.01. The van der Waals surface area contributed by atoms with Crippen LogP contribution < -0.4 is 5.32 Å². The van der Waals surface area contributed by atoms with Crippen LogP contribution in [0.1, 0.15) is 48.9 Å². The van der Waals surface area contributed by atoms with E-state index in [0.717, 1.165) is 48.5 Å². The minimum absolute atomic E-state index is 0.158. The predicted octanol–water partition coefficient (Wildman–Crippen LogP) is 4.31. The van der Waals surface area contributed by atoms with Crippen molar-refractivity contribution in [1.29, 1.82) is 0 Å². The van der Waals surface area contributed by atoms with Gasteiger partial charge < -0.3 is 14.8 Å². The van der Waals surface area contributed by atoms with Crippen LogP contribution in [0.2, 0.25) is 0 Å². The number of para-hydroxylation sites is 1. The molecule has 1 amide bonds. The smallest absolute Gasteiger partial charge is 0.326 e. The molecule has 29 heavy (non-hydrogen) atoms. The zero-order chi connectivity index (χ0) is 20.4. The molecule has 150 valence electrons. The molecule has 6 heteroatoms. The van der Waals surface area contributed by atoms with E-state index in [1.165, 1.54) is 0 Å². The van der Waals surface area contributed by atoms with E-state index in [9.17, 15) is 19.5 Å². The molecule has 0 spiro atoms. The zero-order valence-electron chi connectivity index (χ0n) is 16.0. The Balaban J connectivity index is 1.52. The van der Waals surface area contributed by atoms with Crippen molar-refractivity contribution in [3.05, 3.63) is 48.0 Å². The molecule has 1 fully saturated rings. The molecule has 1 heterocycles. The van der Waals surface area contributed by atoms with E-state index < -0.39 is 12.0 Å². The number of nitrogens with one attached hydrogen (secondary N) is 1. The van der Waals surface area contributed by atoms with E-state index in [-0.39, 0.29) is 24.0 Å². The molecule has 1 aliphatic carbocycles. The first-order valence-corrected chi connectivity index (χ1v) is 10.0. The molecule has 1 aliphatic rings. The van der Waals surface area contributed by atoms with Gasteiger partial charge in [-0.25, -0.2) is 4.79 Å². The van der Waals surface area contributed by atoms with E-state index >= 15 is 0 Å². The summed E-state index contributed by atoms with van der Waals surface area (Å²) in [5.41, 5.74) is 1.81. The lowest BCUT2D eigenvalue weighted by Gasteiger charge is -2.23. The Kier molecular flexibility index (Phi) is 5.34. The fourth-order valence-electron chi connectivity index (χ4n) is 4.06. The highest BCUT2D eigenvalue weighted by molar-refractivity contribution is 6.09. The van der Waals surface area contributed by atoms with Crippen LogP contribution in [-0.4, -0.2) is 28.8 Å². The Hall–Kier alpha value is -3.15. The maximum Gasteiger partial charge on any atom is 0.326 e. The van der Waals surface area contributed by atoms with E-state index in [2.05, 4.69) is 5.32 Å². The Morgan fingerprint density at radius 1 is 1.00 bits per heavy atom. The fourth-order valence-corrected chi connectivity index (χ4v) is 4.06.